The average molecular weight is 553 g/mol. The molecule has 0 aliphatic carbocycles. The number of benzene rings is 4. The summed E-state index contributed by atoms with van der Waals surface area (Å²) in [7, 11) is 0. The number of carbonyl (C=O) groups excluding carboxylic acids is 1. The fourth-order valence-corrected chi connectivity index (χ4v) is 4.71. The van der Waals surface area contributed by atoms with Crippen LogP contribution >= 0.6 is 0 Å². The van der Waals surface area contributed by atoms with Gasteiger partial charge in [0.2, 0.25) is 0 Å². The smallest absolute Gasteiger partial charge is 0.271 e. The van der Waals surface area contributed by atoms with Crippen LogP contribution in [0.15, 0.2) is 143 Å². The summed E-state index contributed by atoms with van der Waals surface area (Å²) in [5.41, 5.74) is 8.69. The van der Waals surface area contributed by atoms with E-state index in [0.717, 1.165) is 28.2 Å². The number of hydrazone groups is 1. The van der Waals surface area contributed by atoms with Crippen molar-refractivity contribution in [2.45, 2.75) is 0 Å². The van der Waals surface area contributed by atoms with Gasteiger partial charge in [0.1, 0.15) is 11.5 Å². The van der Waals surface area contributed by atoms with Crippen LogP contribution in [0, 0.1) is 10.1 Å². The molecule has 4 aromatic carbocycles. The number of furan rings is 1. The van der Waals surface area contributed by atoms with E-state index in [0.29, 0.717) is 22.6 Å². The first-order valence-corrected chi connectivity index (χ1v) is 13.2. The number of nitrogens with one attached hydrogen (secondary N) is 1. The summed E-state index contributed by atoms with van der Waals surface area (Å²) < 4.78 is 7.90. The van der Waals surface area contributed by atoms with Crippen LogP contribution in [-0.4, -0.2) is 21.6 Å². The quantitative estimate of drug-likeness (QED) is 0.118. The molecule has 6 rings (SSSR count). The summed E-state index contributed by atoms with van der Waals surface area (Å²) in [4.78, 5) is 23.4. The van der Waals surface area contributed by atoms with Gasteiger partial charge in [0, 0.05) is 28.9 Å². The summed E-state index contributed by atoms with van der Waals surface area (Å²) in [5.74, 6) is 0.473. The maximum Gasteiger partial charge on any atom is 0.271 e. The van der Waals surface area contributed by atoms with E-state index in [9.17, 15) is 14.9 Å². The first-order valence-electron chi connectivity index (χ1n) is 13.2. The third-order valence-electron chi connectivity index (χ3n) is 6.73. The van der Waals surface area contributed by atoms with Gasteiger partial charge in [0.15, 0.2) is 0 Å². The minimum absolute atomic E-state index is 0.0262. The number of hydrogen-bond acceptors (Lipinski definition) is 5. The Bertz CT molecular complexity index is 1830. The Morgan fingerprint density at radius 1 is 0.738 bits per heavy atom. The Kier molecular flexibility index (Phi) is 7.25. The molecule has 0 spiro atoms. The number of amides is 1. The fourth-order valence-electron chi connectivity index (χ4n) is 4.71. The van der Waals surface area contributed by atoms with Gasteiger partial charge < -0.3 is 8.98 Å². The lowest BCUT2D eigenvalue weighted by Gasteiger charge is -2.15. The lowest BCUT2D eigenvalue weighted by Crippen LogP contribution is -2.17. The van der Waals surface area contributed by atoms with Crippen molar-refractivity contribution in [3.8, 4) is 39.5 Å². The SMILES string of the molecule is O=C(N/N=C\c1ccc(-c2cccc([N+](=O)[O-])c2)o1)c1ccc(-n2c(-c3ccccc3)ccc2-c2ccccc2)cc1. The minimum Gasteiger partial charge on any atom is -0.455 e. The molecule has 42 heavy (non-hydrogen) atoms. The van der Waals surface area contributed by atoms with Crippen LogP contribution in [0.2, 0.25) is 0 Å². The lowest BCUT2D eigenvalue weighted by atomic mass is 10.1. The van der Waals surface area contributed by atoms with Crippen LogP contribution in [0.4, 0.5) is 5.69 Å². The highest BCUT2D eigenvalue weighted by Crippen LogP contribution is 2.32. The Morgan fingerprint density at radius 3 is 1.98 bits per heavy atom. The molecule has 6 aromatic rings. The van der Waals surface area contributed by atoms with Crippen molar-refractivity contribution in [1.82, 2.24) is 9.99 Å². The third kappa shape index (κ3) is 5.50. The maximum atomic E-state index is 12.8. The van der Waals surface area contributed by atoms with Crippen LogP contribution in [0.1, 0.15) is 16.1 Å². The lowest BCUT2D eigenvalue weighted by molar-refractivity contribution is -0.384. The molecule has 0 radical (unpaired) electrons. The molecule has 1 amide bonds. The van der Waals surface area contributed by atoms with Crippen LogP contribution < -0.4 is 5.43 Å². The predicted octanol–water partition coefficient (Wildman–Crippen LogP) is 7.74. The highest BCUT2D eigenvalue weighted by molar-refractivity contribution is 5.95. The molecule has 8 nitrogen and oxygen atoms in total. The van der Waals surface area contributed by atoms with Crippen molar-refractivity contribution in [3.63, 3.8) is 0 Å². The Hall–Kier alpha value is -6.02. The van der Waals surface area contributed by atoms with Crippen molar-refractivity contribution in [3.05, 3.63) is 155 Å². The van der Waals surface area contributed by atoms with E-state index in [4.69, 9.17) is 4.42 Å². The first kappa shape index (κ1) is 26.2. The van der Waals surface area contributed by atoms with Gasteiger partial charge in [-0.1, -0.05) is 72.8 Å². The molecule has 0 saturated heterocycles. The van der Waals surface area contributed by atoms with E-state index in [1.165, 1.54) is 18.3 Å². The number of hydrogen-bond donors (Lipinski definition) is 1. The second kappa shape index (κ2) is 11.6. The van der Waals surface area contributed by atoms with Crippen molar-refractivity contribution in [2.75, 3.05) is 0 Å². The predicted molar refractivity (Wildman–Crippen MR) is 162 cm³/mol. The molecule has 0 aliphatic rings. The van der Waals surface area contributed by atoms with Crippen molar-refractivity contribution in [2.24, 2.45) is 5.10 Å². The number of carbonyl (C=O) groups is 1. The van der Waals surface area contributed by atoms with Gasteiger partial charge in [-0.25, -0.2) is 5.43 Å². The molecule has 8 heteroatoms. The van der Waals surface area contributed by atoms with Crippen LogP contribution in [0.5, 0.6) is 0 Å². The average Bonchev–Trinajstić information content (AvgIpc) is 3.70. The summed E-state index contributed by atoms with van der Waals surface area (Å²) in [6.07, 6.45) is 1.38. The summed E-state index contributed by atoms with van der Waals surface area (Å²) in [5, 5.41) is 15.1. The van der Waals surface area contributed by atoms with Gasteiger partial charge in [-0.05, 0) is 59.7 Å². The summed E-state index contributed by atoms with van der Waals surface area (Å²) in [6.45, 7) is 0. The number of nitrogens with zero attached hydrogens (tertiary/aromatic N) is 3. The molecule has 0 unspecified atom stereocenters. The second-order valence-corrected chi connectivity index (χ2v) is 9.43. The van der Waals surface area contributed by atoms with Crippen molar-refractivity contribution in [1.29, 1.82) is 0 Å². The third-order valence-corrected chi connectivity index (χ3v) is 6.73. The first-order chi connectivity index (χ1) is 20.6. The largest absolute Gasteiger partial charge is 0.455 e. The van der Waals surface area contributed by atoms with E-state index in [1.807, 2.05) is 48.5 Å². The normalized spacial score (nSPS) is 11.0. The van der Waals surface area contributed by atoms with E-state index in [2.05, 4.69) is 51.5 Å². The number of nitro benzene ring substituents is 1. The van der Waals surface area contributed by atoms with Crippen molar-refractivity contribution < 1.29 is 14.1 Å². The number of aromatic nitrogens is 1. The van der Waals surface area contributed by atoms with E-state index in [-0.39, 0.29) is 11.6 Å². The summed E-state index contributed by atoms with van der Waals surface area (Å²) in [6, 6.07) is 41.4. The van der Waals surface area contributed by atoms with Gasteiger partial charge in [0.25, 0.3) is 11.6 Å². The molecule has 0 saturated carbocycles. The maximum absolute atomic E-state index is 12.8. The summed E-state index contributed by atoms with van der Waals surface area (Å²) >= 11 is 0. The van der Waals surface area contributed by atoms with Gasteiger partial charge >= 0.3 is 0 Å². The fraction of sp³-hybridized carbons (Fsp3) is 0. The van der Waals surface area contributed by atoms with Gasteiger partial charge in [-0.3, -0.25) is 14.9 Å². The molecule has 2 aromatic heterocycles. The molecular formula is C34H24N4O4. The molecule has 0 bridgehead atoms. The topological polar surface area (TPSA) is 103 Å². The van der Waals surface area contributed by atoms with Gasteiger partial charge in [0.05, 0.1) is 22.5 Å². The van der Waals surface area contributed by atoms with Crippen LogP contribution in [0.3, 0.4) is 0 Å². The van der Waals surface area contributed by atoms with Crippen molar-refractivity contribution >= 4 is 17.8 Å². The molecule has 204 valence electrons. The monoisotopic (exact) mass is 552 g/mol. The number of non-ortho nitro benzene ring substituents is 1. The Balaban J connectivity index is 1.19. The molecule has 0 atom stereocenters. The zero-order chi connectivity index (χ0) is 28.9. The molecule has 2 heterocycles. The van der Waals surface area contributed by atoms with E-state index < -0.39 is 4.92 Å². The number of nitro groups is 1. The Labute approximate surface area is 241 Å². The highest BCUT2D eigenvalue weighted by atomic mass is 16.6. The second-order valence-electron chi connectivity index (χ2n) is 9.43. The number of rotatable bonds is 8. The molecule has 0 fully saturated rings. The minimum atomic E-state index is -0.459. The van der Waals surface area contributed by atoms with E-state index >= 15 is 0 Å². The molecule has 0 aliphatic heterocycles. The standard InChI is InChI=1S/C34H24N4O4/c39-34(36-35-23-30-18-21-33(42-30)27-12-7-13-29(22-27)38(40)41)26-14-16-28(17-15-26)37-31(24-8-3-1-4-9-24)19-20-32(37)25-10-5-2-6-11-25/h1-23H,(H,36,39)/b35-23-. The van der Waals surface area contributed by atoms with Gasteiger partial charge in [-0.2, -0.15) is 5.10 Å². The van der Waals surface area contributed by atoms with Crippen LogP contribution in [0.25, 0.3) is 39.5 Å². The molecular weight excluding hydrogens is 528 g/mol. The molecule has 1 N–H and O–H groups in total. The van der Waals surface area contributed by atoms with Gasteiger partial charge in [-0.15, -0.1) is 0 Å². The zero-order valence-corrected chi connectivity index (χ0v) is 22.3. The van der Waals surface area contributed by atoms with Crippen LogP contribution in [-0.2, 0) is 0 Å². The zero-order valence-electron chi connectivity index (χ0n) is 22.3. The van der Waals surface area contributed by atoms with E-state index in [1.54, 1.807) is 36.4 Å². The Morgan fingerprint density at radius 2 is 1.36 bits per heavy atom. The highest BCUT2D eigenvalue weighted by Gasteiger charge is 2.15.